The third-order valence-electron chi connectivity index (χ3n) is 2.09. The summed E-state index contributed by atoms with van der Waals surface area (Å²) < 4.78 is 2.53. The van der Waals surface area contributed by atoms with Crippen molar-refractivity contribution < 1.29 is 0 Å². The molecule has 0 aliphatic carbocycles. The number of nitrogen functional groups attached to an aromatic ring is 1. The zero-order valence-corrected chi connectivity index (χ0v) is 9.06. The monoisotopic (exact) mass is 227 g/mol. The van der Waals surface area contributed by atoms with E-state index in [4.69, 9.17) is 17.3 Å². The molecule has 2 aromatic rings. The summed E-state index contributed by atoms with van der Waals surface area (Å²) >= 11 is 5.83. The minimum atomic E-state index is -0.278. The topological polar surface area (TPSA) is 78.2 Å². The molecule has 7 heteroatoms. The van der Waals surface area contributed by atoms with Crippen LogP contribution in [0.15, 0.2) is 11.0 Å². The molecule has 0 bridgehead atoms. The highest BCUT2D eigenvalue weighted by Crippen LogP contribution is 2.14. The lowest BCUT2D eigenvalue weighted by Gasteiger charge is -2.11. The van der Waals surface area contributed by atoms with Gasteiger partial charge >= 0.3 is 0 Å². The van der Waals surface area contributed by atoms with Crippen LogP contribution in [-0.4, -0.2) is 19.4 Å². The van der Waals surface area contributed by atoms with Crippen molar-refractivity contribution >= 4 is 23.1 Å². The number of hydrogen-bond donors (Lipinski definition) is 1. The zero-order valence-electron chi connectivity index (χ0n) is 8.31. The Morgan fingerprint density at radius 2 is 2.20 bits per heavy atom. The number of aromatic nitrogens is 4. The van der Waals surface area contributed by atoms with E-state index in [1.165, 1.54) is 10.8 Å². The highest BCUT2D eigenvalue weighted by molar-refractivity contribution is 6.33. The van der Waals surface area contributed by atoms with E-state index in [0.717, 1.165) is 4.63 Å². The second-order valence-corrected chi connectivity index (χ2v) is 3.86. The molecule has 0 aliphatic heterocycles. The van der Waals surface area contributed by atoms with Crippen molar-refractivity contribution in [2.75, 3.05) is 5.73 Å². The molecule has 2 aromatic heterocycles. The fourth-order valence-electron chi connectivity index (χ4n) is 1.45. The van der Waals surface area contributed by atoms with Crippen molar-refractivity contribution in [1.29, 1.82) is 0 Å². The molecule has 2 heterocycles. The third-order valence-corrected chi connectivity index (χ3v) is 2.37. The van der Waals surface area contributed by atoms with E-state index >= 15 is 0 Å². The van der Waals surface area contributed by atoms with Gasteiger partial charge in [0.2, 0.25) is 5.95 Å². The summed E-state index contributed by atoms with van der Waals surface area (Å²) in [5.74, 6) is 0.127. The minimum absolute atomic E-state index is 0.0685. The van der Waals surface area contributed by atoms with E-state index in [1.54, 1.807) is 0 Å². The Bertz CT molecular complexity index is 570. The number of rotatable bonds is 1. The summed E-state index contributed by atoms with van der Waals surface area (Å²) in [6.45, 7) is 3.69. The largest absolute Gasteiger partial charge is 0.368 e. The Hall–Kier alpha value is -1.56. The first kappa shape index (κ1) is 9.97. The van der Waals surface area contributed by atoms with Crippen LogP contribution in [0.1, 0.15) is 19.9 Å². The standard InChI is InChI=1S/C8H10ClN5O/c1-4(2)13-7(15)6-5(9)3-11-14(6)12-8(13)10/h3-4H,1-2H3,(H2,10,12). The van der Waals surface area contributed by atoms with Crippen LogP contribution in [0.5, 0.6) is 0 Å². The minimum Gasteiger partial charge on any atom is -0.368 e. The van der Waals surface area contributed by atoms with Crippen LogP contribution in [0.25, 0.3) is 5.52 Å². The van der Waals surface area contributed by atoms with Crippen molar-refractivity contribution in [2.24, 2.45) is 0 Å². The second-order valence-electron chi connectivity index (χ2n) is 3.46. The second kappa shape index (κ2) is 3.23. The van der Waals surface area contributed by atoms with Crippen molar-refractivity contribution in [2.45, 2.75) is 19.9 Å². The smallest absolute Gasteiger partial charge is 0.282 e. The maximum absolute atomic E-state index is 12.0. The van der Waals surface area contributed by atoms with Gasteiger partial charge in [-0.25, -0.2) is 0 Å². The summed E-state index contributed by atoms with van der Waals surface area (Å²) in [5.41, 5.74) is 5.62. The number of fused-ring (bicyclic) bond motifs is 1. The molecule has 2 N–H and O–H groups in total. The van der Waals surface area contributed by atoms with Gasteiger partial charge in [-0.3, -0.25) is 9.36 Å². The van der Waals surface area contributed by atoms with Crippen molar-refractivity contribution in [3.63, 3.8) is 0 Å². The number of hydrogen-bond acceptors (Lipinski definition) is 4. The first-order valence-electron chi connectivity index (χ1n) is 4.44. The molecule has 0 unspecified atom stereocenters. The van der Waals surface area contributed by atoms with Crippen molar-refractivity contribution in [1.82, 2.24) is 19.4 Å². The molecule has 0 spiro atoms. The van der Waals surface area contributed by atoms with E-state index in [-0.39, 0.29) is 28.1 Å². The van der Waals surface area contributed by atoms with Crippen LogP contribution >= 0.6 is 11.6 Å². The molecule has 0 amide bonds. The summed E-state index contributed by atoms with van der Waals surface area (Å²) in [6, 6.07) is -0.0685. The fourth-order valence-corrected chi connectivity index (χ4v) is 1.65. The Morgan fingerprint density at radius 1 is 1.53 bits per heavy atom. The van der Waals surface area contributed by atoms with Gasteiger partial charge in [0.05, 0.1) is 11.2 Å². The SMILES string of the molecule is CC(C)n1c(N)nn2ncc(Cl)c2c1=O. The van der Waals surface area contributed by atoms with E-state index < -0.39 is 0 Å². The quantitative estimate of drug-likeness (QED) is 0.778. The Balaban J connectivity index is 2.94. The van der Waals surface area contributed by atoms with Crippen LogP contribution < -0.4 is 11.3 Å². The summed E-state index contributed by atoms with van der Waals surface area (Å²) in [7, 11) is 0. The predicted octanol–water partition coefficient (Wildman–Crippen LogP) is 0.707. The molecular formula is C8H10ClN5O. The number of nitrogens with two attached hydrogens (primary N) is 1. The lowest BCUT2D eigenvalue weighted by Crippen LogP contribution is -2.28. The molecule has 0 aliphatic rings. The predicted molar refractivity (Wildman–Crippen MR) is 57.1 cm³/mol. The lowest BCUT2D eigenvalue weighted by molar-refractivity contribution is 0.564. The molecule has 0 atom stereocenters. The van der Waals surface area contributed by atoms with E-state index in [9.17, 15) is 4.79 Å². The molecule has 0 aromatic carbocycles. The van der Waals surface area contributed by atoms with Crippen molar-refractivity contribution in [3.8, 4) is 0 Å². The first-order chi connectivity index (χ1) is 7.02. The first-order valence-corrected chi connectivity index (χ1v) is 4.81. The fraction of sp³-hybridized carbons (Fsp3) is 0.375. The normalized spacial score (nSPS) is 11.5. The van der Waals surface area contributed by atoms with Gasteiger partial charge in [0.25, 0.3) is 5.56 Å². The van der Waals surface area contributed by atoms with Gasteiger partial charge < -0.3 is 5.73 Å². The van der Waals surface area contributed by atoms with Crippen LogP contribution in [-0.2, 0) is 0 Å². The molecule has 0 saturated carbocycles. The van der Waals surface area contributed by atoms with Crippen LogP contribution in [0, 0.1) is 0 Å². The lowest BCUT2D eigenvalue weighted by atomic mass is 10.4. The van der Waals surface area contributed by atoms with Gasteiger partial charge in [-0.05, 0) is 13.8 Å². The highest BCUT2D eigenvalue weighted by Gasteiger charge is 2.14. The van der Waals surface area contributed by atoms with Gasteiger partial charge in [-0.2, -0.15) is 5.10 Å². The Morgan fingerprint density at radius 3 is 2.80 bits per heavy atom. The summed E-state index contributed by atoms with van der Waals surface area (Å²) in [6.07, 6.45) is 1.37. The number of anilines is 1. The Kier molecular flexibility index (Phi) is 2.15. The molecule has 15 heavy (non-hydrogen) atoms. The maximum atomic E-state index is 12.0. The third kappa shape index (κ3) is 1.37. The summed E-state index contributed by atoms with van der Waals surface area (Å²) in [4.78, 5) is 12.0. The van der Waals surface area contributed by atoms with E-state index in [2.05, 4.69) is 10.2 Å². The molecule has 0 radical (unpaired) electrons. The number of nitrogens with zero attached hydrogens (tertiary/aromatic N) is 4. The average Bonchev–Trinajstić information content (AvgIpc) is 2.46. The molecule has 2 rings (SSSR count). The molecule has 0 saturated heterocycles. The van der Waals surface area contributed by atoms with Gasteiger partial charge in [0.1, 0.15) is 0 Å². The van der Waals surface area contributed by atoms with Gasteiger partial charge in [-0.1, -0.05) is 11.6 Å². The zero-order chi connectivity index (χ0) is 11.2. The van der Waals surface area contributed by atoms with E-state index in [0.29, 0.717) is 0 Å². The van der Waals surface area contributed by atoms with Crippen LogP contribution in [0.2, 0.25) is 5.02 Å². The molecular weight excluding hydrogens is 218 g/mol. The molecule has 6 nitrogen and oxygen atoms in total. The molecule has 0 fully saturated rings. The molecule has 80 valence electrons. The Labute approximate surface area is 90.3 Å². The maximum Gasteiger partial charge on any atom is 0.282 e. The summed E-state index contributed by atoms with van der Waals surface area (Å²) in [5, 5.41) is 8.04. The van der Waals surface area contributed by atoms with Gasteiger partial charge in [-0.15, -0.1) is 9.73 Å². The average molecular weight is 228 g/mol. The van der Waals surface area contributed by atoms with Crippen molar-refractivity contribution in [3.05, 3.63) is 21.6 Å². The van der Waals surface area contributed by atoms with Crippen LogP contribution in [0.4, 0.5) is 5.95 Å². The highest BCUT2D eigenvalue weighted by atomic mass is 35.5. The van der Waals surface area contributed by atoms with E-state index in [1.807, 2.05) is 13.8 Å². The van der Waals surface area contributed by atoms with Crippen LogP contribution in [0.3, 0.4) is 0 Å². The van der Waals surface area contributed by atoms with Gasteiger partial charge in [0.15, 0.2) is 5.52 Å². The number of halogens is 1. The van der Waals surface area contributed by atoms with Gasteiger partial charge in [0, 0.05) is 6.04 Å².